The summed E-state index contributed by atoms with van der Waals surface area (Å²) in [6.07, 6.45) is 1.63. The molecule has 0 aliphatic carbocycles. The molecule has 86 valence electrons. The van der Waals surface area contributed by atoms with Crippen molar-refractivity contribution in [2.24, 2.45) is 5.10 Å². The van der Waals surface area contributed by atoms with Crippen molar-refractivity contribution in [3.63, 3.8) is 0 Å². The number of hydrogen-bond acceptors (Lipinski definition) is 5. The number of nitrogens with zero attached hydrogens (tertiary/aromatic N) is 3. The first kappa shape index (κ1) is 12.7. The summed E-state index contributed by atoms with van der Waals surface area (Å²) >= 11 is 2.33. The Balaban J connectivity index is 2.88. The van der Waals surface area contributed by atoms with Crippen LogP contribution in [0.4, 0.5) is 0 Å². The van der Waals surface area contributed by atoms with E-state index in [0.717, 1.165) is 11.8 Å². The van der Waals surface area contributed by atoms with Gasteiger partial charge in [0.1, 0.15) is 0 Å². The molecule has 0 aliphatic heterocycles. The molecule has 0 saturated heterocycles. The quantitative estimate of drug-likeness (QED) is 0.351. The number of carbonyl (C=O) groups excluding carboxylic acids is 1. The average molecular weight is 259 g/mol. The third-order valence-electron chi connectivity index (χ3n) is 1.67. The summed E-state index contributed by atoms with van der Waals surface area (Å²) in [6.45, 7) is 0. The van der Waals surface area contributed by atoms with Gasteiger partial charge in [0.25, 0.3) is 5.91 Å². The van der Waals surface area contributed by atoms with Crippen molar-refractivity contribution in [3.05, 3.63) is 32.5 Å². The Morgan fingerprint density at radius 2 is 2.38 bits per heavy atom. The topological polar surface area (TPSA) is 75.8 Å². The molecule has 0 saturated carbocycles. The molecule has 6 nitrogen and oxygen atoms in total. The summed E-state index contributed by atoms with van der Waals surface area (Å²) in [5.41, 5.74) is 0. The van der Waals surface area contributed by atoms with Gasteiger partial charge in [0.2, 0.25) is 5.17 Å². The van der Waals surface area contributed by atoms with Crippen molar-refractivity contribution in [1.29, 1.82) is 0 Å². The van der Waals surface area contributed by atoms with Gasteiger partial charge >= 0.3 is 0 Å². The van der Waals surface area contributed by atoms with Crippen LogP contribution in [0.3, 0.4) is 0 Å². The van der Waals surface area contributed by atoms with Gasteiger partial charge in [0, 0.05) is 7.05 Å². The molecule has 1 heterocycles. The number of rotatable bonds is 2. The van der Waals surface area contributed by atoms with Crippen molar-refractivity contribution in [2.45, 2.75) is 0 Å². The zero-order chi connectivity index (χ0) is 12.1. The van der Waals surface area contributed by atoms with Gasteiger partial charge in [0.05, 0.1) is 9.98 Å². The first-order valence-electron chi connectivity index (χ1n) is 4.14. The highest BCUT2D eigenvalue weighted by Gasteiger charge is 2.19. The van der Waals surface area contributed by atoms with E-state index in [1.807, 2.05) is 0 Å². The molecule has 1 aromatic heterocycles. The third kappa shape index (κ3) is 3.04. The number of hydrazone groups is 1. The summed E-state index contributed by atoms with van der Waals surface area (Å²) in [5.74, 6) is -0.301. The fourth-order valence-electron chi connectivity index (χ4n) is 0.967. The number of hydrogen-bond donors (Lipinski definition) is 0. The van der Waals surface area contributed by atoms with E-state index in [4.69, 9.17) is 0 Å². The Kier molecular flexibility index (Phi) is 4.44. The van der Waals surface area contributed by atoms with Crippen LogP contribution >= 0.6 is 23.1 Å². The van der Waals surface area contributed by atoms with Gasteiger partial charge in [-0.05, 0) is 17.7 Å². The molecule has 0 aliphatic rings. The van der Waals surface area contributed by atoms with E-state index < -0.39 is 5.03 Å². The summed E-state index contributed by atoms with van der Waals surface area (Å²) in [5, 5.41) is 14.4. The predicted octanol–water partition coefficient (Wildman–Crippen LogP) is 1.73. The summed E-state index contributed by atoms with van der Waals surface area (Å²) in [6, 6.07) is 3.41. The molecule has 0 radical (unpaired) electrons. The second-order valence-corrected chi connectivity index (χ2v) is 4.39. The number of thioether (sulfide) groups is 1. The second-order valence-electron chi connectivity index (χ2n) is 2.67. The van der Waals surface area contributed by atoms with Gasteiger partial charge in [-0.3, -0.25) is 9.69 Å². The molecule has 0 fully saturated rings. The van der Waals surface area contributed by atoms with E-state index in [2.05, 4.69) is 5.10 Å². The Labute approximate surface area is 100 Å². The third-order valence-corrected chi connectivity index (χ3v) is 3.25. The SMILES string of the molecule is CSC(=N[N+](=O)[O-])N(C)C(=O)c1cccs1. The molecule has 1 aromatic rings. The molecule has 0 spiro atoms. The van der Waals surface area contributed by atoms with Crippen LogP contribution in [-0.2, 0) is 0 Å². The average Bonchev–Trinajstić information content (AvgIpc) is 2.76. The second kappa shape index (κ2) is 5.61. The zero-order valence-corrected chi connectivity index (χ0v) is 10.2. The Morgan fingerprint density at radius 1 is 1.69 bits per heavy atom. The molecular weight excluding hydrogens is 250 g/mol. The first-order valence-corrected chi connectivity index (χ1v) is 6.25. The van der Waals surface area contributed by atoms with Gasteiger partial charge in [0.15, 0.2) is 5.03 Å². The number of amides is 1. The number of nitro groups is 1. The van der Waals surface area contributed by atoms with E-state index >= 15 is 0 Å². The molecule has 16 heavy (non-hydrogen) atoms. The highest BCUT2D eigenvalue weighted by molar-refractivity contribution is 8.13. The van der Waals surface area contributed by atoms with E-state index in [9.17, 15) is 14.9 Å². The highest BCUT2D eigenvalue weighted by atomic mass is 32.2. The lowest BCUT2D eigenvalue weighted by molar-refractivity contribution is -0.485. The van der Waals surface area contributed by atoms with Crippen LogP contribution in [0.5, 0.6) is 0 Å². The lowest BCUT2D eigenvalue weighted by atomic mass is 10.4. The van der Waals surface area contributed by atoms with Gasteiger partial charge in [-0.2, -0.15) is 0 Å². The van der Waals surface area contributed by atoms with Crippen LogP contribution in [0.15, 0.2) is 22.6 Å². The van der Waals surface area contributed by atoms with Crippen LogP contribution in [0.25, 0.3) is 0 Å². The molecule has 0 aromatic carbocycles. The first-order chi connectivity index (χ1) is 7.56. The maximum atomic E-state index is 11.8. The van der Waals surface area contributed by atoms with E-state index in [1.165, 1.54) is 23.3 Å². The highest BCUT2D eigenvalue weighted by Crippen LogP contribution is 2.14. The van der Waals surface area contributed by atoms with Crippen LogP contribution in [-0.4, -0.2) is 34.3 Å². The van der Waals surface area contributed by atoms with Gasteiger partial charge < -0.3 is 0 Å². The van der Waals surface area contributed by atoms with Crippen molar-refractivity contribution >= 4 is 34.2 Å². The van der Waals surface area contributed by atoms with Crippen molar-refractivity contribution in [3.8, 4) is 0 Å². The van der Waals surface area contributed by atoms with Crippen LogP contribution in [0, 0.1) is 10.1 Å². The number of thiophene rings is 1. The normalized spacial score (nSPS) is 11.2. The number of carbonyl (C=O) groups is 1. The van der Waals surface area contributed by atoms with Gasteiger partial charge in [-0.1, -0.05) is 17.8 Å². The standard InChI is InChI=1S/C8H9N3O3S2/c1-10(8(15-2)9-11(13)14)7(12)6-4-3-5-16-6/h3-5H,1-2H3. The van der Waals surface area contributed by atoms with Gasteiger partial charge in [-0.25, -0.2) is 10.1 Å². The molecule has 0 bridgehead atoms. The molecule has 1 rings (SSSR count). The molecular formula is C8H9N3O3S2. The Morgan fingerprint density at radius 3 is 2.81 bits per heavy atom. The Bertz CT molecular complexity index is 416. The summed E-state index contributed by atoms with van der Waals surface area (Å²) in [4.78, 5) is 23.7. The maximum Gasteiger partial charge on any atom is 0.269 e. The monoisotopic (exact) mass is 259 g/mol. The minimum atomic E-state index is -0.815. The Hall–Kier alpha value is -1.41. The molecule has 0 N–H and O–H groups in total. The maximum absolute atomic E-state index is 11.8. The lowest BCUT2D eigenvalue weighted by Crippen LogP contribution is -2.31. The van der Waals surface area contributed by atoms with Crippen molar-refractivity contribution < 1.29 is 9.83 Å². The van der Waals surface area contributed by atoms with Gasteiger partial charge in [-0.15, -0.1) is 11.3 Å². The largest absolute Gasteiger partial charge is 0.285 e. The minimum Gasteiger partial charge on any atom is -0.285 e. The van der Waals surface area contributed by atoms with Crippen LogP contribution < -0.4 is 0 Å². The van der Waals surface area contributed by atoms with E-state index in [0.29, 0.717) is 4.88 Å². The van der Waals surface area contributed by atoms with Crippen LogP contribution in [0.2, 0.25) is 0 Å². The van der Waals surface area contributed by atoms with Crippen molar-refractivity contribution in [2.75, 3.05) is 13.3 Å². The molecule has 1 amide bonds. The fourth-order valence-corrected chi connectivity index (χ4v) is 2.17. The lowest BCUT2D eigenvalue weighted by Gasteiger charge is -2.13. The van der Waals surface area contributed by atoms with E-state index in [1.54, 1.807) is 23.8 Å². The summed E-state index contributed by atoms with van der Waals surface area (Å²) < 4.78 is 0. The summed E-state index contributed by atoms with van der Waals surface area (Å²) in [7, 11) is 1.46. The minimum absolute atomic E-state index is 0.0587. The molecule has 0 atom stereocenters. The smallest absolute Gasteiger partial charge is 0.269 e. The predicted molar refractivity (Wildman–Crippen MR) is 64.4 cm³/mol. The van der Waals surface area contributed by atoms with Crippen molar-refractivity contribution in [1.82, 2.24) is 4.90 Å². The van der Waals surface area contributed by atoms with Crippen LogP contribution in [0.1, 0.15) is 9.67 Å². The molecule has 8 heteroatoms. The molecule has 0 unspecified atom stereocenters. The van der Waals surface area contributed by atoms with E-state index in [-0.39, 0.29) is 11.1 Å². The number of amidine groups is 1. The zero-order valence-electron chi connectivity index (χ0n) is 8.61. The fraction of sp³-hybridized carbons (Fsp3) is 0.250.